The normalized spacial score (nSPS) is 10.8. The molecule has 0 bridgehead atoms. The molecule has 21 heavy (non-hydrogen) atoms. The molecule has 8 heteroatoms. The Labute approximate surface area is 136 Å². The Morgan fingerprint density at radius 3 is 2.62 bits per heavy atom. The fraction of sp³-hybridized carbons (Fsp3) is 0. The predicted octanol–water partition coefficient (Wildman–Crippen LogP) is 3.58. The first-order valence-electron chi connectivity index (χ1n) is 5.86. The van der Waals surface area contributed by atoms with Crippen molar-refractivity contribution in [2.24, 2.45) is 0 Å². The summed E-state index contributed by atoms with van der Waals surface area (Å²) < 4.78 is 16.7. The van der Waals surface area contributed by atoms with Crippen LogP contribution < -0.4 is 5.73 Å². The highest BCUT2D eigenvalue weighted by Crippen LogP contribution is 2.33. The molecule has 0 aliphatic heterocycles. The number of para-hydroxylation sites is 1. The number of tetrazole rings is 1. The van der Waals surface area contributed by atoms with Gasteiger partial charge in [0.25, 0.3) is 0 Å². The maximum Gasteiger partial charge on any atom is 0.188 e. The quantitative estimate of drug-likeness (QED) is 0.653. The lowest BCUT2D eigenvalue weighted by Crippen LogP contribution is -2.04. The number of halogens is 3. The largest absolute Gasteiger partial charge is 0.398 e. The van der Waals surface area contributed by atoms with Crippen LogP contribution in [0.2, 0.25) is 0 Å². The van der Waals surface area contributed by atoms with Gasteiger partial charge in [-0.05, 0) is 66.6 Å². The fourth-order valence-electron chi connectivity index (χ4n) is 1.92. The average Bonchev–Trinajstić information content (AvgIpc) is 2.91. The zero-order valence-corrected chi connectivity index (χ0v) is 13.6. The zero-order valence-electron chi connectivity index (χ0n) is 10.5. The molecule has 0 amide bonds. The first kappa shape index (κ1) is 14.2. The molecule has 0 aliphatic rings. The standard InChI is InChI=1S/C13H8Br2FN5/c14-8-4-2-5-9(16)12(8)21-13(18-19-20-21)7-3-1-6-10(17)11(7)15/h1-6H,17H2. The number of hydrogen-bond acceptors (Lipinski definition) is 4. The third-order valence-electron chi connectivity index (χ3n) is 2.89. The molecule has 0 saturated heterocycles. The van der Waals surface area contributed by atoms with Gasteiger partial charge in [-0.2, -0.15) is 4.68 Å². The van der Waals surface area contributed by atoms with Gasteiger partial charge in [0, 0.05) is 15.7 Å². The van der Waals surface area contributed by atoms with Crippen molar-refractivity contribution in [3.05, 3.63) is 51.2 Å². The SMILES string of the molecule is Nc1cccc(-c2nnnn2-c2c(F)cccc2Br)c1Br. The molecule has 0 atom stereocenters. The van der Waals surface area contributed by atoms with Gasteiger partial charge in [0.05, 0.1) is 4.47 Å². The summed E-state index contributed by atoms with van der Waals surface area (Å²) in [6.45, 7) is 0. The van der Waals surface area contributed by atoms with Gasteiger partial charge in [-0.1, -0.05) is 12.1 Å². The van der Waals surface area contributed by atoms with Gasteiger partial charge in [-0.15, -0.1) is 5.10 Å². The van der Waals surface area contributed by atoms with Crippen LogP contribution in [0.4, 0.5) is 10.1 Å². The van der Waals surface area contributed by atoms with Crippen molar-refractivity contribution < 1.29 is 4.39 Å². The van der Waals surface area contributed by atoms with Crippen molar-refractivity contribution >= 4 is 37.5 Å². The Morgan fingerprint density at radius 2 is 1.86 bits per heavy atom. The maximum atomic E-state index is 14.1. The molecule has 5 nitrogen and oxygen atoms in total. The fourth-order valence-corrected chi connectivity index (χ4v) is 2.87. The highest BCUT2D eigenvalue weighted by molar-refractivity contribution is 9.11. The third-order valence-corrected chi connectivity index (χ3v) is 4.41. The van der Waals surface area contributed by atoms with Crippen LogP contribution >= 0.6 is 31.9 Å². The van der Waals surface area contributed by atoms with Crippen LogP contribution in [-0.4, -0.2) is 20.2 Å². The van der Waals surface area contributed by atoms with Gasteiger partial charge in [-0.3, -0.25) is 0 Å². The molecular formula is C13H8Br2FN5. The van der Waals surface area contributed by atoms with Crippen molar-refractivity contribution in [2.75, 3.05) is 5.73 Å². The second-order valence-corrected chi connectivity index (χ2v) is 5.84. The van der Waals surface area contributed by atoms with Crippen LogP contribution in [-0.2, 0) is 0 Å². The van der Waals surface area contributed by atoms with Gasteiger partial charge in [0.1, 0.15) is 11.5 Å². The number of nitrogens with zero attached hydrogens (tertiary/aromatic N) is 4. The summed E-state index contributed by atoms with van der Waals surface area (Å²) in [7, 11) is 0. The van der Waals surface area contributed by atoms with E-state index in [4.69, 9.17) is 5.73 Å². The van der Waals surface area contributed by atoms with Crippen LogP contribution in [0.25, 0.3) is 17.1 Å². The molecular weight excluding hydrogens is 405 g/mol. The van der Waals surface area contributed by atoms with Gasteiger partial charge in [0.2, 0.25) is 0 Å². The number of rotatable bonds is 2. The molecule has 0 aliphatic carbocycles. The lowest BCUT2D eigenvalue weighted by molar-refractivity contribution is 0.606. The molecule has 2 N–H and O–H groups in total. The monoisotopic (exact) mass is 411 g/mol. The minimum atomic E-state index is -0.432. The lowest BCUT2D eigenvalue weighted by Gasteiger charge is -2.09. The van der Waals surface area contributed by atoms with E-state index in [1.807, 2.05) is 0 Å². The summed E-state index contributed by atoms with van der Waals surface area (Å²) in [4.78, 5) is 0. The van der Waals surface area contributed by atoms with Gasteiger partial charge >= 0.3 is 0 Å². The van der Waals surface area contributed by atoms with Crippen molar-refractivity contribution in [2.45, 2.75) is 0 Å². The first-order chi connectivity index (χ1) is 10.1. The topological polar surface area (TPSA) is 69.6 Å². The number of nitrogen functional groups attached to an aromatic ring is 1. The van der Waals surface area contributed by atoms with Crippen molar-refractivity contribution in [1.82, 2.24) is 20.2 Å². The number of hydrogen-bond donors (Lipinski definition) is 1. The molecule has 0 saturated carbocycles. The smallest absolute Gasteiger partial charge is 0.188 e. The van der Waals surface area contributed by atoms with Gasteiger partial charge in [0.15, 0.2) is 5.82 Å². The van der Waals surface area contributed by atoms with E-state index in [1.165, 1.54) is 10.7 Å². The minimum absolute atomic E-state index is 0.242. The summed E-state index contributed by atoms with van der Waals surface area (Å²) in [5.74, 6) is -0.0436. The number of aromatic nitrogens is 4. The number of nitrogens with two attached hydrogens (primary N) is 1. The summed E-state index contributed by atoms with van der Waals surface area (Å²) in [5.41, 5.74) is 7.34. The van der Waals surface area contributed by atoms with Crippen molar-refractivity contribution in [3.63, 3.8) is 0 Å². The minimum Gasteiger partial charge on any atom is -0.398 e. The molecule has 1 aromatic heterocycles. The summed E-state index contributed by atoms with van der Waals surface area (Å²) in [5, 5.41) is 11.5. The molecule has 1 heterocycles. The molecule has 0 unspecified atom stereocenters. The Morgan fingerprint density at radius 1 is 1.10 bits per heavy atom. The highest BCUT2D eigenvalue weighted by atomic mass is 79.9. The second kappa shape index (κ2) is 5.53. The summed E-state index contributed by atoms with van der Waals surface area (Å²) in [6.07, 6.45) is 0. The third kappa shape index (κ3) is 2.44. The van der Waals surface area contributed by atoms with Crippen LogP contribution in [0.3, 0.4) is 0 Å². The van der Waals surface area contributed by atoms with E-state index in [0.29, 0.717) is 26.0 Å². The van der Waals surface area contributed by atoms with Crippen LogP contribution in [0.5, 0.6) is 0 Å². The van der Waals surface area contributed by atoms with Crippen molar-refractivity contribution in [3.8, 4) is 17.1 Å². The molecule has 0 spiro atoms. The number of benzene rings is 2. The molecule has 106 valence electrons. The van der Waals surface area contributed by atoms with E-state index in [9.17, 15) is 4.39 Å². The molecule has 0 radical (unpaired) electrons. The zero-order chi connectivity index (χ0) is 15.0. The Kier molecular flexibility index (Phi) is 3.73. The van der Waals surface area contributed by atoms with Crippen LogP contribution in [0.1, 0.15) is 0 Å². The first-order valence-corrected chi connectivity index (χ1v) is 7.45. The van der Waals surface area contributed by atoms with Crippen molar-refractivity contribution in [1.29, 1.82) is 0 Å². The summed E-state index contributed by atoms with van der Waals surface area (Å²) >= 11 is 6.72. The molecule has 0 fully saturated rings. The number of anilines is 1. The van der Waals surface area contributed by atoms with E-state index >= 15 is 0 Å². The maximum absolute atomic E-state index is 14.1. The molecule has 2 aromatic carbocycles. The second-order valence-electron chi connectivity index (χ2n) is 4.19. The lowest BCUT2D eigenvalue weighted by atomic mass is 10.2. The Bertz CT molecular complexity index is 798. The molecule has 3 rings (SSSR count). The predicted molar refractivity (Wildman–Crippen MR) is 84.4 cm³/mol. The Hall–Kier alpha value is -1.80. The van der Waals surface area contributed by atoms with Crippen LogP contribution in [0, 0.1) is 5.82 Å². The van der Waals surface area contributed by atoms with E-state index in [2.05, 4.69) is 47.4 Å². The highest BCUT2D eigenvalue weighted by Gasteiger charge is 2.19. The van der Waals surface area contributed by atoms with E-state index in [1.54, 1.807) is 30.3 Å². The Balaban J connectivity index is 2.25. The summed E-state index contributed by atoms with van der Waals surface area (Å²) in [6, 6.07) is 10.0. The molecule has 3 aromatic rings. The average molecular weight is 413 g/mol. The van der Waals surface area contributed by atoms with E-state index in [-0.39, 0.29) is 5.69 Å². The van der Waals surface area contributed by atoms with Gasteiger partial charge in [-0.25, -0.2) is 4.39 Å². The van der Waals surface area contributed by atoms with E-state index in [0.717, 1.165) is 0 Å². The van der Waals surface area contributed by atoms with Gasteiger partial charge < -0.3 is 5.73 Å². The van der Waals surface area contributed by atoms with Crippen LogP contribution in [0.15, 0.2) is 45.3 Å². The van der Waals surface area contributed by atoms with E-state index < -0.39 is 5.82 Å².